The third-order valence-corrected chi connectivity index (χ3v) is 5.70. The van der Waals surface area contributed by atoms with Crippen LogP contribution in [0, 0.1) is 0 Å². The Balaban J connectivity index is 1.93. The highest BCUT2D eigenvalue weighted by Gasteiger charge is 2.22. The van der Waals surface area contributed by atoms with E-state index in [9.17, 15) is 18.0 Å². The highest BCUT2D eigenvalue weighted by Crippen LogP contribution is 2.24. The van der Waals surface area contributed by atoms with Gasteiger partial charge in [-0.15, -0.1) is 0 Å². The molecule has 1 unspecified atom stereocenters. The van der Waals surface area contributed by atoms with Crippen LogP contribution in [0.1, 0.15) is 12.5 Å². The van der Waals surface area contributed by atoms with E-state index >= 15 is 0 Å². The molecule has 0 saturated heterocycles. The minimum atomic E-state index is -3.96. The molecule has 1 N–H and O–H groups in total. The van der Waals surface area contributed by atoms with Gasteiger partial charge in [-0.05, 0) is 50.2 Å². The Hall–Kier alpha value is -3.08. The van der Waals surface area contributed by atoms with E-state index in [1.165, 1.54) is 12.1 Å². The lowest BCUT2D eigenvalue weighted by Gasteiger charge is -2.23. The molecule has 0 heterocycles. The normalized spacial score (nSPS) is 12.5. The van der Waals surface area contributed by atoms with Crippen molar-refractivity contribution in [2.45, 2.75) is 19.4 Å². The number of nitrogens with zero attached hydrogens (tertiary/aromatic N) is 2. The predicted molar refractivity (Wildman–Crippen MR) is 129 cm³/mol. The second-order valence-electron chi connectivity index (χ2n) is 7.61. The number of hydrogen-bond donors (Lipinski definition) is 1. The molecule has 34 heavy (non-hydrogen) atoms. The van der Waals surface area contributed by atoms with Gasteiger partial charge in [0, 0.05) is 25.2 Å². The quantitative estimate of drug-likeness (QED) is 0.342. The number of anilines is 1. The maximum atomic E-state index is 12.0. The summed E-state index contributed by atoms with van der Waals surface area (Å²) in [7, 11) is -1.99. The first kappa shape index (κ1) is 27.2. The molecule has 0 aliphatic heterocycles. The number of aliphatic carboxylic acids is 1. The minimum Gasteiger partial charge on any atom is -0.488 e. The second-order valence-corrected chi connectivity index (χ2v) is 9.81. The summed E-state index contributed by atoms with van der Waals surface area (Å²) in [6.45, 7) is 3.35. The first-order valence-corrected chi connectivity index (χ1v) is 12.5. The van der Waals surface area contributed by atoms with Gasteiger partial charge in [-0.1, -0.05) is 40.3 Å². The number of carbonyl (C=O) groups is 2. The Morgan fingerprint density at radius 1 is 1.12 bits per heavy atom. The summed E-state index contributed by atoms with van der Waals surface area (Å²) < 4.78 is 30.4. The Morgan fingerprint density at radius 3 is 2.35 bits per heavy atom. The zero-order chi connectivity index (χ0) is 25.3. The van der Waals surface area contributed by atoms with Crippen LogP contribution in [0.2, 0.25) is 5.02 Å². The zero-order valence-electron chi connectivity index (χ0n) is 19.0. The number of carboxylic acid groups (broad SMARTS) is 1. The van der Waals surface area contributed by atoms with E-state index in [4.69, 9.17) is 26.3 Å². The van der Waals surface area contributed by atoms with Crippen LogP contribution >= 0.6 is 11.6 Å². The van der Waals surface area contributed by atoms with E-state index in [1.54, 1.807) is 18.2 Å². The van der Waals surface area contributed by atoms with Crippen LogP contribution in [0.15, 0.2) is 60.7 Å². The Morgan fingerprint density at radius 2 is 1.76 bits per heavy atom. The van der Waals surface area contributed by atoms with E-state index in [0.29, 0.717) is 40.4 Å². The molecular formula is C23H27ClN2O7S. The average Bonchev–Trinajstić information content (AvgIpc) is 2.76. The van der Waals surface area contributed by atoms with Gasteiger partial charge in [0.2, 0.25) is 0 Å². The van der Waals surface area contributed by atoms with Crippen molar-refractivity contribution < 1.29 is 32.7 Å². The van der Waals surface area contributed by atoms with Gasteiger partial charge >= 0.3 is 11.9 Å². The lowest BCUT2D eigenvalue weighted by atomic mass is 10.1. The summed E-state index contributed by atoms with van der Waals surface area (Å²) in [5.74, 6) is -1.86. The van der Waals surface area contributed by atoms with Crippen LogP contribution in [0.25, 0.3) is 0 Å². The van der Waals surface area contributed by atoms with E-state index in [0.717, 1.165) is 18.4 Å². The first-order chi connectivity index (χ1) is 16.0. The third kappa shape index (κ3) is 9.05. The van der Waals surface area contributed by atoms with Crippen molar-refractivity contribution >= 4 is 39.3 Å². The van der Waals surface area contributed by atoms with Crippen LogP contribution in [0.3, 0.4) is 0 Å². The number of para-hydroxylation sites is 1. The predicted octanol–water partition coefficient (Wildman–Crippen LogP) is 3.15. The van der Waals surface area contributed by atoms with E-state index in [-0.39, 0.29) is 11.8 Å². The molecular weight excluding hydrogens is 484 g/mol. The first-order valence-electron chi connectivity index (χ1n) is 10.3. The molecule has 0 fully saturated rings. The minimum absolute atomic E-state index is 0.0829. The van der Waals surface area contributed by atoms with Crippen molar-refractivity contribution in [2.75, 3.05) is 30.9 Å². The number of rotatable bonds is 12. The summed E-state index contributed by atoms with van der Waals surface area (Å²) in [5.41, 5.74) is 1.05. The fourth-order valence-electron chi connectivity index (χ4n) is 2.99. The van der Waals surface area contributed by atoms with Gasteiger partial charge in [-0.2, -0.15) is 0 Å². The van der Waals surface area contributed by atoms with E-state index < -0.39 is 22.0 Å². The van der Waals surface area contributed by atoms with Gasteiger partial charge in [0.25, 0.3) is 10.0 Å². The average molecular weight is 511 g/mol. The SMILES string of the molecule is CC(CN(C)CCc1ccc(N(OC(=O)/C=C/C(=O)O)S(C)(=O)=O)cc1)Oc1ccccc1Cl. The number of ether oxygens (including phenoxy) is 1. The molecule has 9 nitrogen and oxygen atoms in total. The van der Waals surface area contributed by atoms with Gasteiger partial charge in [-0.25, -0.2) is 18.0 Å². The Labute approximate surface area is 204 Å². The number of sulfonamides is 1. The molecule has 11 heteroatoms. The van der Waals surface area contributed by atoms with E-state index in [2.05, 4.69) is 4.90 Å². The standard InChI is InChI=1S/C23H27ClN2O7S/c1-17(32-21-7-5-4-6-20(21)24)16-25(2)15-14-18-8-10-19(11-9-18)26(34(3,30)31)33-23(29)13-12-22(27)28/h4-13,17H,14-16H2,1-3H3,(H,27,28)/b13-12+. The smallest absolute Gasteiger partial charge is 0.357 e. The molecule has 0 aromatic heterocycles. The highest BCUT2D eigenvalue weighted by atomic mass is 35.5. The van der Waals surface area contributed by atoms with Crippen molar-refractivity contribution in [3.63, 3.8) is 0 Å². The number of benzene rings is 2. The molecule has 2 aromatic rings. The Bertz CT molecular complexity index is 1120. The number of carbonyl (C=O) groups excluding carboxylic acids is 1. The van der Waals surface area contributed by atoms with Crippen LogP contribution in [0.5, 0.6) is 5.75 Å². The van der Waals surface area contributed by atoms with Crippen molar-refractivity contribution in [1.82, 2.24) is 4.90 Å². The molecule has 0 saturated carbocycles. The highest BCUT2D eigenvalue weighted by molar-refractivity contribution is 7.91. The summed E-state index contributed by atoms with van der Waals surface area (Å²) in [5, 5.41) is 9.14. The summed E-state index contributed by atoms with van der Waals surface area (Å²) in [4.78, 5) is 29.2. The summed E-state index contributed by atoms with van der Waals surface area (Å²) in [6.07, 6.45) is 2.66. The van der Waals surface area contributed by atoms with Gasteiger partial charge in [0.15, 0.2) is 0 Å². The van der Waals surface area contributed by atoms with Crippen molar-refractivity contribution in [2.24, 2.45) is 0 Å². The molecule has 184 valence electrons. The van der Waals surface area contributed by atoms with Gasteiger partial charge in [0.05, 0.1) is 17.0 Å². The van der Waals surface area contributed by atoms with E-state index in [1.807, 2.05) is 32.2 Å². The second kappa shape index (κ2) is 12.4. The number of hydrogen-bond acceptors (Lipinski definition) is 7. The number of halogens is 1. The molecule has 0 aliphatic carbocycles. The largest absolute Gasteiger partial charge is 0.488 e. The van der Waals surface area contributed by atoms with Gasteiger partial charge < -0.3 is 19.6 Å². The molecule has 0 bridgehead atoms. The molecule has 0 spiro atoms. The van der Waals surface area contributed by atoms with Crippen LogP contribution in [0.4, 0.5) is 5.69 Å². The van der Waals surface area contributed by atoms with Crippen LogP contribution in [-0.2, 0) is 30.9 Å². The van der Waals surface area contributed by atoms with Crippen molar-refractivity contribution in [3.8, 4) is 5.75 Å². The van der Waals surface area contributed by atoms with Gasteiger partial charge in [0.1, 0.15) is 11.9 Å². The van der Waals surface area contributed by atoms with Gasteiger partial charge in [-0.3, -0.25) is 0 Å². The maximum absolute atomic E-state index is 12.0. The Kier molecular flexibility index (Phi) is 9.91. The zero-order valence-corrected chi connectivity index (χ0v) is 20.6. The lowest BCUT2D eigenvalue weighted by Crippen LogP contribution is -2.32. The third-order valence-electron chi connectivity index (χ3n) is 4.50. The molecule has 1 atom stereocenters. The summed E-state index contributed by atoms with van der Waals surface area (Å²) in [6, 6.07) is 13.8. The van der Waals surface area contributed by atoms with Crippen molar-refractivity contribution in [1.29, 1.82) is 0 Å². The topological polar surface area (TPSA) is 113 Å². The lowest BCUT2D eigenvalue weighted by molar-refractivity contribution is -0.138. The molecule has 0 radical (unpaired) electrons. The monoisotopic (exact) mass is 510 g/mol. The fraction of sp³-hybridized carbons (Fsp3) is 0.304. The van der Waals surface area contributed by atoms with Crippen LogP contribution in [-0.4, -0.2) is 62.9 Å². The molecule has 2 rings (SSSR count). The fourth-order valence-corrected chi connectivity index (χ4v) is 3.89. The van der Waals surface area contributed by atoms with Crippen LogP contribution < -0.4 is 9.21 Å². The summed E-state index contributed by atoms with van der Waals surface area (Å²) >= 11 is 6.13. The molecule has 0 aliphatic rings. The number of likely N-dealkylation sites (N-methyl/N-ethyl adjacent to an activating group) is 1. The number of carboxylic acids is 1. The van der Waals surface area contributed by atoms with Crippen molar-refractivity contribution in [3.05, 3.63) is 71.3 Å². The maximum Gasteiger partial charge on any atom is 0.357 e. The molecule has 0 amide bonds. The molecule has 2 aromatic carbocycles.